The molecule has 0 atom stereocenters. The molecule has 0 bridgehead atoms. The molecule has 0 radical (unpaired) electrons. The molecule has 1 aromatic rings. The van der Waals surface area contributed by atoms with Gasteiger partial charge in [-0.2, -0.15) is 0 Å². The maximum atomic E-state index is 5.54. The molecule has 0 amide bonds. The minimum atomic E-state index is 0. The summed E-state index contributed by atoms with van der Waals surface area (Å²) in [6.45, 7) is 1.95. The summed E-state index contributed by atoms with van der Waals surface area (Å²) >= 11 is 0. The second-order valence-corrected chi connectivity index (χ2v) is 2.12. The van der Waals surface area contributed by atoms with Crippen LogP contribution in [0.1, 0.15) is 5.56 Å². The van der Waals surface area contributed by atoms with E-state index in [0.717, 1.165) is 16.9 Å². The Balaban J connectivity index is 0.000000810. The lowest BCUT2D eigenvalue weighted by atomic mass is 10.2. The fraction of sp³-hybridized carbons (Fsp3) is 0.143. The van der Waals surface area contributed by atoms with Crippen LogP contribution in [0.5, 0.6) is 0 Å². The van der Waals surface area contributed by atoms with Gasteiger partial charge in [0, 0.05) is 11.4 Å². The van der Waals surface area contributed by atoms with Gasteiger partial charge < -0.3 is 16.9 Å². The van der Waals surface area contributed by atoms with E-state index in [-0.39, 0.29) is 5.48 Å². The van der Waals surface area contributed by atoms with Gasteiger partial charge in [-0.3, -0.25) is 0 Å². The summed E-state index contributed by atoms with van der Waals surface area (Å²) in [6.07, 6.45) is 0. The average molecular weight is 140 g/mol. The van der Waals surface area contributed by atoms with E-state index in [1.165, 1.54) is 0 Å². The molecule has 0 aliphatic rings. The minimum Gasteiger partial charge on any atom is -0.412 e. The molecule has 0 saturated carbocycles. The smallest absolute Gasteiger partial charge is 0.0364 e. The molecule has 0 fully saturated rings. The molecule has 0 aliphatic heterocycles. The van der Waals surface area contributed by atoms with Crippen LogP contribution in [0, 0.1) is 6.92 Å². The predicted molar refractivity (Wildman–Crippen MR) is 43.6 cm³/mol. The van der Waals surface area contributed by atoms with Gasteiger partial charge in [0.05, 0.1) is 0 Å². The number of benzene rings is 1. The highest BCUT2D eigenvalue weighted by Gasteiger charge is 1.90. The van der Waals surface area contributed by atoms with Crippen LogP contribution in [0.2, 0.25) is 0 Å². The van der Waals surface area contributed by atoms with E-state index in [1.54, 1.807) is 6.07 Å². The van der Waals surface area contributed by atoms with Crippen LogP contribution in [0.4, 0.5) is 11.4 Å². The molecule has 0 saturated heterocycles. The second kappa shape index (κ2) is 3.08. The first-order chi connectivity index (χ1) is 4.20. The summed E-state index contributed by atoms with van der Waals surface area (Å²) in [5.41, 5.74) is 13.5. The molecule has 3 nitrogen and oxygen atoms in total. The molecule has 0 aliphatic carbocycles. The van der Waals surface area contributed by atoms with E-state index in [9.17, 15) is 0 Å². The molecular weight excluding hydrogens is 128 g/mol. The van der Waals surface area contributed by atoms with Crippen LogP contribution < -0.4 is 11.5 Å². The normalized spacial score (nSPS) is 8.50. The summed E-state index contributed by atoms with van der Waals surface area (Å²) in [6, 6.07) is 5.51. The van der Waals surface area contributed by atoms with Crippen LogP contribution in [0.3, 0.4) is 0 Å². The van der Waals surface area contributed by atoms with E-state index in [4.69, 9.17) is 11.5 Å². The third kappa shape index (κ3) is 1.63. The molecule has 0 aromatic heterocycles. The third-order valence-electron chi connectivity index (χ3n) is 1.30. The molecule has 0 heterocycles. The first-order valence-electron chi connectivity index (χ1n) is 2.82. The maximum absolute atomic E-state index is 5.54. The molecule has 10 heavy (non-hydrogen) atoms. The standard InChI is InChI=1S/C7H10N2.H2O/c1-5-2-3-6(8)4-7(5)9;/h2-4H,8-9H2,1H3;1H2. The number of hydrogen-bond acceptors (Lipinski definition) is 2. The second-order valence-electron chi connectivity index (χ2n) is 2.12. The van der Waals surface area contributed by atoms with Crippen molar-refractivity contribution in [1.82, 2.24) is 0 Å². The Morgan fingerprint density at radius 1 is 1.20 bits per heavy atom. The van der Waals surface area contributed by atoms with Crippen molar-refractivity contribution in [2.45, 2.75) is 6.92 Å². The molecule has 0 unspecified atom stereocenters. The van der Waals surface area contributed by atoms with E-state index in [0.29, 0.717) is 0 Å². The highest BCUT2D eigenvalue weighted by atomic mass is 16.0. The maximum Gasteiger partial charge on any atom is 0.0364 e. The van der Waals surface area contributed by atoms with E-state index >= 15 is 0 Å². The van der Waals surface area contributed by atoms with E-state index < -0.39 is 0 Å². The lowest BCUT2D eigenvalue weighted by Gasteiger charge is -1.98. The Morgan fingerprint density at radius 3 is 2.20 bits per heavy atom. The lowest BCUT2D eigenvalue weighted by Crippen LogP contribution is -1.91. The molecule has 1 aromatic carbocycles. The molecule has 0 spiro atoms. The fourth-order valence-corrected chi connectivity index (χ4v) is 0.659. The Bertz CT molecular complexity index is 223. The first-order valence-corrected chi connectivity index (χ1v) is 2.82. The largest absolute Gasteiger partial charge is 0.412 e. The molecular formula is C7H12N2O. The first kappa shape index (κ1) is 8.78. The summed E-state index contributed by atoms with van der Waals surface area (Å²) in [7, 11) is 0. The zero-order valence-corrected chi connectivity index (χ0v) is 5.89. The van der Waals surface area contributed by atoms with Crippen molar-refractivity contribution in [2.24, 2.45) is 0 Å². The van der Waals surface area contributed by atoms with Crippen molar-refractivity contribution in [3.05, 3.63) is 23.8 Å². The number of hydrogen-bond donors (Lipinski definition) is 2. The Labute approximate surface area is 60.0 Å². The summed E-state index contributed by atoms with van der Waals surface area (Å²) < 4.78 is 0. The van der Waals surface area contributed by atoms with E-state index in [2.05, 4.69) is 0 Å². The van der Waals surface area contributed by atoms with Crippen LogP contribution >= 0.6 is 0 Å². The zero-order chi connectivity index (χ0) is 6.85. The predicted octanol–water partition coefficient (Wildman–Crippen LogP) is 0.335. The van der Waals surface area contributed by atoms with Gasteiger partial charge in [-0.05, 0) is 24.6 Å². The van der Waals surface area contributed by atoms with Crippen molar-refractivity contribution in [3.8, 4) is 0 Å². The zero-order valence-electron chi connectivity index (χ0n) is 5.89. The molecule has 3 heteroatoms. The van der Waals surface area contributed by atoms with Gasteiger partial charge in [0.15, 0.2) is 0 Å². The number of nitrogen functional groups attached to an aromatic ring is 2. The number of nitrogens with two attached hydrogens (primary N) is 2. The topological polar surface area (TPSA) is 83.5 Å². The summed E-state index contributed by atoms with van der Waals surface area (Å²) in [4.78, 5) is 0. The van der Waals surface area contributed by atoms with Crippen molar-refractivity contribution >= 4 is 11.4 Å². The lowest BCUT2D eigenvalue weighted by molar-refractivity contribution is 0.824. The highest BCUT2D eigenvalue weighted by molar-refractivity contribution is 5.55. The molecule has 1 rings (SSSR count). The average Bonchev–Trinajstić information content (AvgIpc) is 1.80. The van der Waals surface area contributed by atoms with Crippen LogP contribution in [0.25, 0.3) is 0 Å². The van der Waals surface area contributed by atoms with Crippen LogP contribution in [-0.4, -0.2) is 5.48 Å². The summed E-state index contributed by atoms with van der Waals surface area (Å²) in [5, 5.41) is 0. The Morgan fingerprint density at radius 2 is 1.80 bits per heavy atom. The van der Waals surface area contributed by atoms with Gasteiger partial charge in [-0.15, -0.1) is 0 Å². The highest BCUT2D eigenvalue weighted by Crippen LogP contribution is 2.13. The SMILES string of the molecule is Cc1ccc(N)cc1N.O. The van der Waals surface area contributed by atoms with Crippen molar-refractivity contribution in [2.75, 3.05) is 11.5 Å². The van der Waals surface area contributed by atoms with Crippen molar-refractivity contribution in [1.29, 1.82) is 0 Å². The minimum absolute atomic E-state index is 0. The Kier molecular flexibility index (Phi) is 2.70. The summed E-state index contributed by atoms with van der Waals surface area (Å²) in [5.74, 6) is 0. The van der Waals surface area contributed by atoms with Crippen molar-refractivity contribution < 1.29 is 5.48 Å². The van der Waals surface area contributed by atoms with Gasteiger partial charge in [0.1, 0.15) is 0 Å². The van der Waals surface area contributed by atoms with Crippen molar-refractivity contribution in [3.63, 3.8) is 0 Å². The van der Waals surface area contributed by atoms with Gasteiger partial charge in [0.25, 0.3) is 0 Å². The molecule has 56 valence electrons. The van der Waals surface area contributed by atoms with Gasteiger partial charge in [0.2, 0.25) is 0 Å². The van der Waals surface area contributed by atoms with Gasteiger partial charge >= 0.3 is 0 Å². The third-order valence-corrected chi connectivity index (χ3v) is 1.30. The molecule has 6 N–H and O–H groups in total. The van der Waals surface area contributed by atoms with Gasteiger partial charge in [-0.25, -0.2) is 0 Å². The quantitative estimate of drug-likeness (QED) is 0.509. The van der Waals surface area contributed by atoms with E-state index in [1.807, 2.05) is 19.1 Å². The van der Waals surface area contributed by atoms with Gasteiger partial charge in [-0.1, -0.05) is 6.07 Å². The Hall–Kier alpha value is -1.22. The number of aryl methyl sites for hydroxylation is 1. The fourth-order valence-electron chi connectivity index (χ4n) is 0.659. The number of rotatable bonds is 0. The van der Waals surface area contributed by atoms with Crippen LogP contribution in [0.15, 0.2) is 18.2 Å². The number of anilines is 2. The monoisotopic (exact) mass is 140 g/mol. The van der Waals surface area contributed by atoms with Crippen LogP contribution in [-0.2, 0) is 0 Å².